The van der Waals surface area contributed by atoms with Gasteiger partial charge in [-0.2, -0.15) is 11.8 Å². The van der Waals surface area contributed by atoms with E-state index < -0.39 is 0 Å². The molecule has 2 aliphatic heterocycles. The average molecular weight is 392 g/mol. The molecular weight excluding hydrogens is 365 g/mol. The van der Waals surface area contributed by atoms with E-state index in [1.807, 2.05) is 23.9 Å². The molecule has 0 saturated carbocycles. The Balaban J connectivity index is 0.00000144. The molecule has 0 aromatic heterocycles. The molecule has 24 heavy (non-hydrogen) atoms. The summed E-state index contributed by atoms with van der Waals surface area (Å²) in [6, 6.07) is 8.31. The van der Waals surface area contributed by atoms with E-state index >= 15 is 0 Å². The molecule has 1 unspecified atom stereocenters. The minimum atomic E-state index is 0. The highest BCUT2D eigenvalue weighted by Gasteiger charge is 2.20. The largest absolute Gasteiger partial charge is 0.326 e. The van der Waals surface area contributed by atoms with Gasteiger partial charge in [0.2, 0.25) is 5.91 Å². The van der Waals surface area contributed by atoms with Gasteiger partial charge < -0.3 is 10.6 Å². The van der Waals surface area contributed by atoms with Crippen molar-refractivity contribution in [2.75, 3.05) is 43.0 Å². The van der Waals surface area contributed by atoms with Crippen LogP contribution in [0.4, 0.5) is 5.69 Å². The fraction of sp³-hybridized carbons (Fsp3) is 0.588. The van der Waals surface area contributed by atoms with Crippen molar-refractivity contribution in [3.63, 3.8) is 0 Å². The van der Waals surface area contributed by atoms with E-state index in [0.29, 0.717) is 0 Å². The van der Waals surface area contributed by atoms with Crippen molar-refractivity contribution in [1.82, 2.24) is 10.2 Å². The predicted molar refractivity (Wildman–Crippen MR) is 108 cm³/mol. The first kappa shape index (κ1) is 21.6. The van der Waals surface area contributed by atoms with Gasteiger partial charge >= 0.3 is 0 Å². The van der Waals surface area contributed by atoms with Crippen LogP contribution in [-0.2, 0) is 11.3 Å². The van der Waals surface area contributed by atoms with E-state index in [9.17, 15) is 4.79 Å². The zero-order valence-corrected chi connectivity index (χ0v) is 16.3. The van der Waals surface area contributed by atoms with Crippen molar-refractivity contribution in [2.45, 2.75) is 19.4 Å². The highest BCUT2D eigenvalue weighted by Crippen LogP contribution is 2.18. The van der Waals surface area contributed by atoms with E-state index in [2.05, 4.69) is 27.7 Å². The van der Waals surface area contributed by atoms with Crippen LogP contribution in [0.2, 0.25) is 0 Å². The number of halogens is 2. The fourth-order valence-corrected chi connectivity index (χ4v) is 4.06. The topological polar surface area (TPSA) is 44.4 Å². The number of piperidine rings is 1. The lowest BCUT2D eigenvalue weighted by atomic mass is 9.99. The summed E-state index contributed by atoms with van der Waals surface area (Å²) in [6.45, 7) is 5.14. The summed E-state index contributed by atoms with van der Waals surface area (Å²) in [5.74, 6) is 2.71. The molecule has 3 rings (SSSR count). The number of benzene rings is 1. The Bertz CT molecular complexity index is 506. The van der Waals surface area contributed by atoms with E-state index in [4.69, 9.17) is 0 Å². The van der Waals surface area contributed by atoms with Gasteiger partial charge in [0.1, 0.15) is 0 Å². The zero-order valence-electron chi connectivity index (χ0n) is 13.8. The van der Waals surface area contributed by atoms with Gasteiger partial charge in [-0.3, -0.25) is 9.69 Å². The number of carbonyl (C=O) groups is 1. The maximum atomic E-state index is 12.3. The van der Waals surface area contributed by atoms with Crippen LogP contribution in [0.15, 0.2) is 24.3 Å². The molecule has 0 aliphatic carbocycles. The summed E-state index contributed by atoms with van der Waals surface area (Å²) in [6.07, 6.45) is 2.08. The second kappa shape index (κ2) is 11.2. The number of nitrogens with zero attached hydrogens (tertiary/aromatic N) is 1. The molecule has 0 radical (unpaired) electrons. The first-order valence-corrected chi connectivity index (χ1v) is 9.37. The van der Waals surface area contributed by atoms with Crippen LogP contribution in [-0.4, -0.2) is 48.5 Å². The third kappa shape index (κ3) is 6.45. The van der Waals surface area contributed by atoms with Crippen LogP contribution >= 0.6 is 36.6 Å². The molecule has 1 atom stereocenters. The number of anilines is 1. The molecule has 0 bridgehead atoms. The molecule has 4 nitrogen and oxygen atoms in total. The molecule has 2 N–H and O–H groups in total. The van der Waals surface area contributed by atoms with Crippen LogP contribution < -0.4 is 10.6 Å². The summed E-state index contributed by atoms with van der Waals surface area (Å²) < 4.78 is 0. The smallest absolute Gasteiger partial charge is 0.228 e. The minimum Gasteiger partial charge on any atom is -0.326 e. The summed E-state index contributed by atoms with van der Waals surface area (Å²) in [4.78, 5) is 14.8. The third-order valence-corrected chi connectivity index (χ3v) is 5.31. The van der Waals surface area contributed by atoms with Gasteiger partial charge in [0.25, 0.3) is 0 Å². The summed E-state index contributed by atoms with van der Waals surface area (Å²) >= 11 is 2.03. The highest BCUT2D eigenvalue weighted by atomic mass is 35.5. The zero-order chi connectivity index (χ0) is 15.2. The first-order chi connectivity index (χ1) is 10.8. The molecule has 2 heterocycles. The Morgan fingerprint density at radius 2 is 2.08 bits per heavy atom. The molecule has 136 valence electrons. The Hall–Kier alpha value is -0.460. The highest BCUT2D eigenvalue weighted by molar-refractivity contribution is 7.99. The Morgan fingerprint density at radius 1 is 1.29 bits per heavy atom. The number of carbonyl (C=O) groups excluding carboxylic acids is 1. The molecule has 1 aromatic carbocycles. The number of nitrogens with one attached hydrogen (secondary N) is 2. The van der Waals surface area contributed by atoms with Gasteiger partial charge in [0.15, 0.2) is 0 Å². The molecule has 2 fully saturated rings. The molecule has 0 spiro atoms. The molecule has 2 saturated heterocycles. The fourth-order valence-electron chi connectivity index (χ4n) is 3.08. The van der Waals surface area contributed by atoms with Crippen LogP contribution in [0.1, 0.15) is 18.4 Å². The molecule has 1 amide bonds. The van der Waals surface area contributed by atoms with Crippen molar-refractivity contribution < 1.29 is 4.79 Å². The number of amides is 1. The SMILES string of the molecule is Cl.Cl.O=C(Nc1cccc(CN2CCSCC2)c1)C1CCCNC1. The molecular formula is C17H27Cl2N3OS. The number of rotatable bonds is 4. The van der Waals surface area contributed by atoms with Gasteiger partial charge in [-0.25, -0.2) is 0 Å². The van der Waals surface area contributed by atoms with Crippen molar-refractivity contribution in [2.24, 2.45) is 5.92 Å². The van der Waals surface area contributed by atoms with Gasteiger partial charge in [-0.15, -0.1) is 24.8 Å². The van der Waals surface area contributed by atoms with Crippen LogP contribution in [0.5, 0.6) is 0 Å². The lowest BCUT2D eigenvalue weighted by Gasteiger charge is -2.26. The number of hydrogen-bond acceptors (Lipinski definition) is 4. The number of hydrogen-bond donors (Lipinski definition) is 2. The van der Waals surface area contributed by atoms with Crippen LogP contribution in [0.25, 0.3) is 0 Å². The van der Waals surface area contributed by atoms with Gasteiger partial charge in [-0.1, -0.05) is 12.1 Å². The summed E-state index contributed by atoms with van der Waals surface area (Å²) in [5.41, 5.74) is 2.21. The third-order valence-electron chi connectivity index (χ3n) is 4.37. The second-order valence-corrected chi connectivity index (χ2v) is 7.35. The van der Waals surface area contributed by atoms with E-state index in [-0.39, 0.29) is 36.6 Å². The van der Waals surface area contributed by atoms with Gasteiger partial charge in [0, 0.05) is 43.4 Å². The monoisotopic (exact) mass is 391 g/mol. The van der Waals surface area contributed by atoms with Gasteiger partial charge in [0.05, 0.1) is 5.92 Å². The average Bonchev–Trinajstić information content (AvgIpc) is 2.57. The minimum absolute atomic E-state index is 0. The van der Waals surface area contributed by atoms with Crippen molar-refractivity contribution in [3.05, 3.63) is 29.8 Å². The van der Waals surface area contributed by atoms with Crippen LogP contribution in [0.3, 0.4) is 0 Å². The van der Waals surface area contributed by atoms with E-state index in [0.717, 1.165) is 51.3 Å². The van der Waals surface area contributed by atoms with Crippen LogP contribution in [0, 0.1) is 5.92 Å². The number of thioether (sulfide) groups is 1. The second-order valence-electron chi connectivity index (χ2n) is 6.12. The maximum absolute atomic E-state index is 12.3. The first-order valence-electron chi connectivity index (χ1n) is 8.22. The normalized spacial score (nSPS) is 21.2. The predicted octanol–water partition coefficient (Wildman–Crippen LogP) is 3.02. The summed E-state index contributed by atoms with van der Waals surface area (Å²) in [7, 11) is 0. The Labute approximate surface area is 161 Å². The maximum Gasteiger partial charge on any atom is 0.228 e. The molecule has 2 aliphatic rings. The lowest BCUT2D eigenvalue weighted by Crippen LogP contribution is -2.37. The quantitative estimate of drug-likeness (QED) is 0.827. The van der Waals surface area contributed by atoms with Crippen molar-refractivity contribution in [3.8, 4) is 0 Å². The van der Waals surface area contributed by atoms with Gasteiger partial charge in [-0.05, 0) is 37.1 Å². The Kier molecular flexibility index (Phi) is 10.1. The molecule has 1 aromatic rings. The molecule has 7 heteroatoms. The van der Waals surface area contributed by atoms with E-state index in [1.54, 1.807) is 0 Å². The Morgan fingerprint density at radius 3 is 2.79 bits per heavy atom. The standard InChI is InChI=1S/C17H25N3OS.2ClH/c21-17(15-4-2-6-18-12-15)19-16-5-1-3-14(11-16)13-20-7-9-22-10-8-20;;/h1,3,5,11,15,18H,2,4,6-10,12-13H2,(H,19,21);2*1H. The summed E-state index contributed by atoms with van der Waals surface area (Å²) in [5, 5.41) is 6.39. The lowest BCUT2D eigenvalue weighted by molar-refractivity contribution is -0.120. The van der Waals surface area contributed by atoms with Crippen molar-refractivity contribution >= 4 is 48.2 Å². The van der Waals surface area contributed by atoms with Crippen molar-refractivity contribution in [1.29, 1.82) is 0 Å². The van der Waals surface area contributed by atoms with E-state index in [1.165, 1.54) is 17.1 Å².